The van der Waals surface area contributed by atoms with Gasteiger partial charge in [-0.3, -0.25) is 4.72 Å². The molecular formula is C11H16F3N3O3S. The number of alkyl halides is 3. The van der Waals surface area contributed by atoms with Gasteiger partial charge in [0.1, 0.15) is 0 Å². The zero-order valence-corrected chi connectivity index (χ0v) is 12.0. The third-order valence-corrected chi connectivity index (χ3v) is 3.57. The van der Waals surface area contributed by atoms with E-state index in [1.807, 2.05) is 0 Å². The van der Waals surface area contributed by atoms with Gasteiger partial charge in [0, 0.05) is 20.2 Å². The molecule has 10 heteroatoms. The predicted octanol–water partition coefficient (Wildman–Crippen LogP) is 1.06. The molecule has 0 saturated heterocycles. The van der Waals surface area contributed by atoms with Crippen molar-refractivity contribution in [1.29, 1.82) is 0 Å². The molecule has 0 bridgehead atoms. The van der Waals surface area contributed by atoms with Crippen LogP contribution in [0, 0.1) is 0 Å². The quantitative estimate of drug-likeness (QED) is 0.653. The van der Waals surface area contributed by atoms with Crippen molar-refractivity contribution in [3.8, 4) is 0 Å². The third kappa shape index (κ3) is 5.50. The third-order valence-electron chi connectivity index (χ3n) is 2.50. The van der Waals surface area contributed by atoms with E-state index in [4.69, 9.17) is 5.73 Å². The van der Waals surface area contributed by atoms with Crippen LogP contribution in [0.3, 0.4) is 0 Å². The van der Waals surface area contributed by atoms with Crippen LogP contribution >= 0.6 is 0 Å². The zero-order chi connectivity index (χ0) is 16.1. The fourth-order valence-electron chi connectivity index (χ4n) is 1.50. The Bertz CT molecular complexity index is 576. The van der Waals surface area contributed by atoms with E-state index in [9.17, 15) is 21.6 Å². The van der Waals surface area contributed by atoms with Crippen molar-refractivity contribution >= 4 is 15.9 Å². The first-order chi connectivity index (χ1) is 9.69. The molecule has 0 aliphatic rings. The monoisotopic (exact) mass is 327 g/mol. The molecule has 0 saturated carbocycles. The lowest BCUT2D eigenvalue weighted by Crippen LogP contribution is -2.33. The Balaban J connectivity index is 2.93. The van der Waals surface area contributed by atoms with Crippen LogP contribution in [0.15, 0.2) is 18.2 Å². The van der Waals surface area contributed by atoms with Gasteiger partial charge in [0.25, 0.3) is 10.2 Å². The summed E-state index contributed by atoms with van der Waals surface area (Å²) in [7, 11) is -2.50. The van der Waals surface area contributed by atoms with Crippen molar-refractivity contribution in [3.63, 3.8) is 0 Å². The van der Waals surface area contributed by atoms with E-state index in [-0.39, 0.29) is 30.9 Å². The number of rotatable bonds is 7. The largest absolute Gasteiger partial charge is 0.416 e. The molecule has 0 amide bonds. The summed E-state index contributed by atoms with van der Waals surface area (Å²) in [5.74, 6) is 0. The van der Waals surface area contributed by atoms with Crippen LogP contribution in [-0.4, -0.2) is 28.7 Å². The number of anilines is 1. The molecule has 0 heterocycles. The molecule has 0 atom stereocenters. The maximum atomic E-state index is 12.6. The molecule has 0 unspecified atom stereocenters. The second-order valence-corrected chi connectivity index (χ2v) is 5.57. The topological polar surface area (TPSA) is 93.4 Å². The molecule has 120 valence electrons. The van der Waals surface area contributed by atoms with Gasteiger partial charge in [0.05, 0.1) is 17.9 Å². The van der Waals surface area contributed by atoms with Gasteiger partial charge in [-0.25, -0.2) is 0 Å². The molecule has 0 radical (unpaired) electrons. The standard InChI is InChI=1S/C11H16F3N3O3S/c1-20-5-4-16-21(18,19)17-10-3-2-9(11(12,13)14)6-8(10)7-15/h2-3,6,16-17H,4-5,7,15H2,1H3. The van der Waals surface area contributed by atoms with Gasteiger partial charge in [-0.05, 0) is 23.8 Å². The molecule has 1 rings (SSSR count). The highest BCUT2D eigenvalue weighted by Crippen LogP contribution is 2.31. The number of hydrogen-bond acceptors (Lipinski definition) is 4. The number of hydrogen-bond donors (Lipinski definition) is 3. The molecule has 6 nitrogen and oxygen atoms in total. The first-order valence-corrected chi connectivity index (χ1v) is 7.34. The first-order valence-electron chi connectivity index (χ1n) is 5.86. The summed E-state index contributed by atoms with van der Waals surface area (Å²) >= 11 is 0. The lowest BCUT2D eigenvalue weighted by molar-refractivity contribution is -0.137. The summed E-state index contributed by atoms with van der Waals surface area (Å²) in [6.07, 6.45) is -4.52. The number of halogens is 3. The summed E-state index contributed by atoms with van der Waals surface area (Å²) in [5, 5.41) is 0. The van der Waals surface area contributed by atoms with Crippen LogP contribution in [0.1, 0.15) is 11.1 Å². The molecule has 1 aromatic carbocycles. The van der Waals surface area contributed by atoms with Gasteiger partial charge >= 0.3 is 6.18 Å². The highest BCUT2D eigenvalue weighted by molar-refractivity contribution is 7.90. The molecule has 21 heavy (non-hydrogen) atoms. The summed E-state index contributed by atoms with van der Waals surface area (Å²) in [6, 6.07) is 2.62. The number of benzene rings is 1. The predicted molar refractivity (Wildman–Crippen MR) is 71.8 cm³/mol. The fourth-order valence-corrected chi connectivity index (χ4v) is 2.41. The van der Waals surface area contributed by atoms with E-state index >= 15 is 0 Å². The number of ether oxygens (including phenoxy) is 1. The summed E-state index contributed by atoms with van der Waals surface area (Å²) in [4.78, 5) is 0. The Hall–Kier alpha value is -1.36. The van der Waals surface area contributed by atoms with Gasteiger partial charge in [-0.15, -0.1) is 0 Å². The normalized spacial score (nSPS) is 12.4. The van der Waals surface area contributed by atoms with E-state index in [1.165, 1.54) is 7.11 Å². The Labute approximate surface area is 120 Å². The van der Waals surface area contributed by atoms with Crippen LogP contribution in [-0.2, 0) is 27.7 Å². The minimum absolute atomic E-state index is 0.00424. The Kier molecular flexibility index (Phi) is 5.96. The molecule has 0 spiro atoms. The fraction of sp³-hybridized carbons (Fsp3) is 0.455. The molecule has 0 aliphatic carbocycles. The highest BCUT2D eigenvalue weighted by Gasteiger charge is 2.31. The maximum absolute atomic E-state index is 12.6. The smallest absolute Gasteiger partial charge is 0.383 e. The lowest BCUT2D eigenvalue weighted by atomic mass is 10.1. The summed E-state index contributed by atoms with van der Waals surface area (Å²) in [5.41, 5.74) is 4.51. The van der Waals surface area contributed by atoms with Gasteiger partial charge in [-0.1, -0.05) is 0 Å². The SMILES string of the molecule is COCCNS(=O)(=O)Nc1ccc(C(F)(F)F)cc1CN. The average Bonchev–Trinajstić information content (AvgIpc) is 2.37. The van der Waals surface area contributed by atoms with Gasteiger partial charge in [0.15, 0.2) is 0 Å². The molecule has 0 aromatic heterocycles. The van der Waals surface area contributed by atoms with E-state index in [0.29, 0.717) is 0 Å². The molecule has 1 aromatic rings. The van der Waals surface area contributed by atoms with E-state index in [2.05, 4.69) is 14.2 Å². The van der Waals surface area contributed by atoms with Crippen LogP contribution in [0.5, 0.6) is 0 Å². The summed E-state index contributed by atoms with van der Waals surface area (Å²) in [6.45, 7) is -0.0397. The van der Waals surface area contributed by atoms with Gasteiger partial charge in [-0.2, -0.15) is 26.3 Å². The van der Waals surface area contributed by atoms with Crippen LogP contribution in [0.25, 0.3) is 0 Å². The summed E-state index contributed by atoms with van der Waals surface area (Å²) < 4.78 is 70.1. The molecule has 0 aliphatic heterocycles. The minimum Gasteiger partial charge on any atom is -0.383 e. The number of nitrogens with two attached hydrogens (primary N) is 1. The van der Waals surface area contributed by atoms with Crippen LogP contribution < -0.4 is 15.2 Å². The van der Waals surface area contributed by atoms with Crippen molar-refractivity contribution in [1.82, 2.24) is 4.72 Å². The number of nitrogens with one attached hydrogen (secondary N) is 2. The van der Waals surface area contributed by atoms with Crippen molar-refractivity contribution in [2.24, 2.45) is 5.73 Å². The second kappa shape index (κ2) is 7.07. The molecular weight excluding hydrogens is 311 g/mol. The average molecular weight is 327 g/mol. The second-order valence-electron chi connectivity index (χ2n) is 4.07. The maximum Gasteiger partial charge on any atom is 0.416 e. The van der Waals surface area contributed by atoms with Crippen molar-refractivity contribution in [3.05, 3.63) is 29.3 Å². The lowest BCUT2D eigenvalue weighted by Gasteiger charge is -2.14. The van der Waals surface area contributed by atoms with Crippen LogP contribution in [0.4, 0.5) is 18.9 Å². The highest BCUT2D eigenvalue weighted by atomic mass is 32.2. The zero-order valence-electron chi connectivity index (χ0n) is 11.2. The van der Waals surface area contributed by atoms with Crippen molar-refractivity contribution in [2.45, 2.75) is 12.7 Å². The van der Waals surface area contributed by atoms with Crippen LogP contribution in [0.2, 0.25) is 0 Å². The van der Waals surface area contributed by atoms with E-state index < -0.39 is 21.9 Å². The Morgan fingerprint density at radius 2 is 2.00 bits per heavy atom. The van der Waals surface area contributed by atoms with Gasteiger partial charge in [0.2, 0.25) is 0 Å². The van der Waals surface area contributed by atoms with Crippen molar-refractivity contribution < 1.29 is 26.3 Å². The Morgan fingerprint density at radius 1 is 1.33 bits per heavy atom. The number of methoxy groups -OCH3 is 1. The minimum atomic E-state index is -4.52. The van der Waals surface area contributed by atoms with E-state index in [1.54, 1.807) is 0 Å². The van der Waals surface area contributed by atoms with Gasteiger partial charge < -0.3 is 10.5 Å². The first kappa shape index (κ1) is 17.7. The molecule has 4 N–H and O–H groups in total. The Morgan fingerprint density at radius 3 is 2.52 bits per heavy atom. The molecule has 0 fully saturated rings. The van der Waals surface area contributed by atoms with E-state index in [0.717, 1.165) is 18.2 Å². The van der Waals surface area contributed by atoms with Crippen molar-refractivity contribution in [2.75, 3.05) is 25.0 Å².